The average Bonchev–Trinajstić information content (AvgIpc) is 2.76. The molecule has 4 rings (SSSR count). The van der Waals surface area contributed by atoms with Crippen LogP contribution in [0.5, 0.6) is 0 Å². The summed E-state index contributed by atoms with van der Waals surface area (Å²) in [6.07, 6.45) is 3.66. The van der Waals surface area contributed by atoms with Gasteiger partial charge in [-0.15, -0.1) is 10.2 Å². The van der Waals surface area contributed by atoms with Crippen LogP contribution >= 0.6 is 0 Å². The molecule has 0 saturated carbocycles. The number of hydrogen-bond donors (Lipinski definition) is 0. The standard InChI is InChI=1S/C20H23F2N5O/c21-16-5-4-15(14-17(16)22)20(28)27-12-10-26(11-13-27)19-7-6-18(23-24-19)25-8-2-1-3-9-25/h4-7,14H,1-3,8-13H2. The molecule has 28 heavy (non-hydrogen) atoms. The van der Waals surface area contributed by atoms with Crippen LogP contribution in [0.1, 0.15) is 29.6 Å². The molecule has 2 saturated heterocycles. The van der Waals surface area contributed by atoms with Crippen LogP contribution in [0.25, 0.3) is 0 Å². The molecule has 3 heterocycles. The van der Waals surface area contributed by atoms with E-state index in [0.29, 0.717) is 26.2 Å². The molecule has 0 radical (unpaired) electrons. The van der Waals surface area contributed by atoms with Gasteiger partial charge in [-0.1, -0.05) is 0 Å². The summed E-state index contributed by atoms with van der Waals surface area (Å²) in [5.41, 5.74) is 0.165. The number of aromatic nitrogens is 2. The fourth-order valence-electron chi connectivity index (χ4n) is 3.73. The third kappa shape index (κ3) is 3.90. The molecule has 0 N–H and O–H groups in total. The quantitative estimate of drug-likeness (QED) is 0.811. The van der Waals surface area contributed by atoms with Gasteiger partial charge in [0.1, 0.15) is 0 Å². The predicted molar refractivity (Wildman–Crippen MR) is 103 cm³/mol. The molecular weight excluding hydrogens is 364 g/mol. The molecule has 6 nitrogen and oxygen atoms in total. The summed E-state index contributed by atoms with van der Waals surface area (Å²) in [4.78, 5) is 18.5. The Morgan fingerprint density at radius 3 is 1.93 bits per heavy atom. The molecule has 2 aliphatic rings. The van der Waals surface area contributed by atoms with Gasteiger partial charge in [-0.05, 0) is 49.6 Å². The number of carbonyl (C=O) groups excluding carboxylic acids is 1. The molecule has 2 aromatic rings. The maximum Gasteiger partial charge on any atom is 0.254 e. The zero-order valence-corrected chi connectivity index (χ0v) is 15.7. The second-order valence-electron chi connectivity index (χ2n) is 7.21. The Kier molecular flexibility index (Phi) is 5.36. The van der Waals surface area contributed by atoms with Gasteiger partial charge in [0.25, 0.3) is 5.91 Å². The van der Waals surface area contributed by atoms with Crippen LogP contribution in [0.4, 0.5) is 20.4 Å². The minimum Gasteiger partial charge on any atom is -0.355 e. The first-order valence-corrected chi connectivity index (χ1v) is 9.70. The maximum atomic E-state index is 13.4. The minimum absolute atomic E-state index is 0.165. The summed E-state index contributed by atoms with van der Waals surface area (Å²) in [5.74, 6) is -0.539. The molecule has 2 fully saturated rings. The monoisotopic (exact) mass is 387 g/mol. The molecule has 8 heteroatoms. The fraction of sp³-hybridized carbons (Fsp3) is 0.450. The zero-order valence-electron chi connectivity index (χ0n) is 15.7. The smallest absolute Gasteiger partial charge is 0.254 e. The normalized spacial score (nSPS) is 17.7. The van der Waals surface area contributed by atoms with E-state index in [4.69, 9.17) is 0 Å². The molecule has 148 valence electrons. The highest BCUT2D eigenvalue weighted by atomic mass is 19.2. The van der Waals surface area contributed by atoms with E-state index in [1.807, 2.05) is 12.1 Å². The Bertz CT molecular complexity index is 831. The van der Waals surface area contributed by atoms with Crippen LogP contribution in [-0.4, -0.2) is 60.3 Å². The molecule has 1 aromatic heterocycles. The van der Waals surface area contributed by atoms with Crippen molar-refractivity contribution >= 4 is 17.5 Å². The number of piperazine rings is 1. The molecule has 2 aliphatic heterocycles. The van der Waals surface area contributed by atoms with Crippen LogP contribution in [-0.2, 0) is 0 Å². The van der Waals surface area contributed by atoms with Gasteiger partial charge < -0.3 is 14.7 Å². The third-order valence-corrected chi connectivity index (χ3v) is 5.37. The van der Waals surface area contributed by atoms with Crippen LogP contribution < -0.4 is 9.80 Å². The Morgan fingerprint density at radius 2 is 1.36 bits per heavy atom. The van der Waals surface area contributed by atoms with E-state index in [2.05, 4.69) is 20.0 Å². The predicted octanol–water partition coefficient (Wildman–Crippen LogP) is 2.71. The van der Waals surface area contributed by atoms with Gasteiger partial charge >= 0.3 is 0 Å². The largest absolute Gasteiger partial charge is 0.355 e. The summed E-state index contributed by atoms with van der Waals surface area (Å²) >= 11 is 0. The highest BCUT2D eigenvalue weighted by Crippen LogP contribution is 2.20. The Labute approximate surface area is 162 Å². The SMILES string of the molecule is O=C(c1ccc(F)c(F)c1)N1CCN(c2ccc(N3CCCCC3)nn2)CC1. The van der Waals surface area contributed by atoms with Gasteiger partial charge in [-0.2, -0.15) is 0 Å². The minimum atomic E-state index is -1.01. The van der Waals surface area contributed by atoms with Crippen LogP contribution in [0, 0.1) is 11.6 Å². The van der Waals surface area contributed by atoms with E-state index in [1.54, 1.807) is 4.90 Å². The molecule has 0 atom stereocenters. The summed E-state index contributed by atoms with van der Waals surface area (Å²) in [6, 6.07) is 7.24. The van der Waals surface area contributed by atoms with Crippen LogP contribution in [0.2, 0.25) is 0 Å². The molecule has 1 amide bonds. The summed E-state index contributed by atoms with van der Waals surface area (Å²) in [5, 5.41) is 8.74. The Morgan fingerprint density at radius 1 is 0.750 bits per heavy atom. The average molecular weight is 387 g/mol. The second kappa shape index (κ2) is 8.08. The van der Waals surface area contributed by atoms with Gasteiger partial charge in [0, 0.05) is 44.8 Å². The number of amides is 1. The lowest BCUT2D eigenvalue weighted by atomic mass is 10.1. The lowest BCUT2D eigenvalue weighted by Crippen LogP contribution is -2.49. The number of piperidine rings is 1. The first kappa shape index (κ1) is 18.6. The van der Waals surface area contributed by atoms with E-state index in [1.165, 1.54) is 25.3 Å². The maximum absolute atomic E-state index is 13.4. The Balaban J connectivity index is 1.35. The molecule has 1 aromatic carbocycles. The van der Waals surface area contributed by atoms with Crippen molar-refractivity contribution in [3.8, 4) is 0 Å². The zero-order chi connectivity index (χ0) is 19.5. The van der Waals surface area contributed by atoms with E-state index in [0.717, 1.165) is 36.9 Å². The van der Waals surface area contributed by atoms with Crippen molar-refractivity contribution < 1.29 is 13.6 Å². The third-order valence-electron chi connectivity index (χ3n) is 5.37. The molecule has 0 bridgehead atoms. The topological polar surface area (TPSA) is 52.6 Å². The summed E-state index contributed by atoms with van der Waals surface area (Å²) in [6.45, 7) is 4.28. The van der Waals surface area contributed by atoms with Crippen molar-refractivity contribution in [1.82, 2.24) is 15.1 Å². The number of benzene rings is 1. The molecule has 0 spiro atoms. The Hall–Kier alpha value is -2.77. The van der Waals surface area contributed by atoms with Crippen molar-refractivity contribution in [2.75, 3.05) is 49.1 Å². The van der Waals surface area contributed by atoms with Crippen molar-refractivity contribution in [3.05, 3.63) is 47.5 Å². The first-order valence-electron chi connectivity index (χ1n) is 9.70. The lowest BCUT2D eigenvalue weighted by molar-refractivity contribution is 0.0746. The highest BCUT2D eigenvalue weighted by Gasteiger charge is 2.24. The van der Waals surface area contributed by atoms with Crippen molar-refractivity contribution in [2.24, 2.45) is 0 Å². The van der Waals surface area contributed by atoms with Gasteiger partial charge in [0.15, 0.2) is 23.3 Å². The van der Waals surface area contributed by atoms with E-state index < -0.39 is 11.6 Å². The number of hydrogen-bond acceptors (Lipinski definition) is 5. The number of carbonyl (C=O) groups is 1. The second-order valence-corrected chi connectivity index (χ2v) is 7.21. The molecular formula is C20H23F2N5O. The molecule has 0 aliphatic carbocycles. The lowest BCUT2D eigenvalue weighted by Gasteiger charge is -2.35. The van der Waals surface area contributed by atoms with Gasteiger partial charge in [-0.3, -0.25) is 4.79 Å². The van der Waals surface area contributed by atoms with E-state index >= 15 is 0 Å². The molecule has 0 unspecified atom stereocenters. The van der Waals surface area contributed by atoms with E-state index in [-0.39, 0.29) is 11.5 Å². The van der Waals surface area contributed by atoms with Crippen molar-refractivity contribution in [3.63, 3.8) is 0 Å². The van der Waals surface area contributed by atoms with Gasteiger partial charge in [0.05, 0.1) is 0 Å². The van der Waals surface area contributed by atoms with Crippen LogP contribution in [0.3, 0.4) is 0 Å². The van der Waals surface area contributed by atoms with E-state index in [9.17, 15) is 13.6 Å². The summed E-state index contributed by atoms with van der Waals surface area (Å²) < 4.78 is 26.5. The number of rotatable bonds is 3. The van der Waals surface area contributed by atoms with Crippen molar-refractivity contribution in [2.45, 2.75) is 19.3 Å². The first-order chi connectivity index (χ1) is 13.6. The fourth-order valence-corrected chi connectivity index (χ4v) is 3.73. The van der Waals surface area contributed by atoms with Gasteiger partial charge in [-0.25, -0.2) is 8.78 Å². The van der Waals surface area contributed by atoms with Crippen molar-refractivity contribution in [1.29, 1.82) is 0 Å². The number of halogens is 2. The number of anilines is 2. The van der Waals surface area contributed by atoms with Crippen LogP contribution in [0.15, 0.2) is 30.3 Å². The van der Waals surface area contributed by atoms with Gasteiger partial charge in [0.2, 0.25) is 0 Å². The number of nitrogens with zero attached hydrogens (tertiary/aromatic N) is 5. The highest BCUT2D eigenvalue weighted by molar-refractivity contribution is 5.94. The summed E-state index contributed by atoms with van der Waals surface area (Å²) in [7, 11) is 0.